The van der Waals surface area contributed by atoms with Crippen molar-refractivity contribution in [1.29, 1.82) is 0 Å². The Morgan fingerprint density at radius 1 is 0.932 bits per heavy atom. The van der Waals surface area contributed by atoms with Gasteiger partial charge in [-0.05, 0) is 60.4 Å². The fraction of sp³-hybridized carbons (Fsp3) is 0.162. The van der Waals surface area contributed by atoms with E-state index in [1.807, 2.05) is 67.6 Å². The molecule has 0 aliphatic carbocycles. The van der Waals surface area contributed by atoms with Gasteiger partial charge >= 0.3 is 5.97 Å². The van der Waals surface area contributed by atoms with Crippen molar-refractivity contribution in [2.45, 2.75) is 33.4 Å². The standard InChI is InChI=1S/C37H31N3O3S/c1-4-43-36(42)33-24(3)38-37-40(34(33)30-18-11-15-25-13-7-8-16-28(25)30)35(41)32(44-37)20-27-22-39(31-19-10-9-17-29(27)31)21-26-14-6-5-12-23(26)2/h5-20,22,34H,4,21H2,1-3H3. The van der Waals surface area contributed by atoms with Crippen molar-refractivity contribution in [3.8, 4) is 0 Å². The smallest absolute Gasteiger partial charge is 0.338 e. The summed E-state index contributed by atoms with van der Waals surface area (Å²) in [6, 6.07) is 30.0. The van der Waals surface area contributed by atoms with Crippen LogP contribution in [-0.2, 0) is 16.1 Å². The Balaban J connectivity index is 1.43. The van der Waals surface area contributed by atoms with Crippen LogP contribution in [0.5, 0.6) is 0 Å². The van der Waals surface area contributed by atoms with Crippen LogP contribution < -0.4 is 14.9 Å². The lowest BCUT2D eigenvalue weighted by atomic mass is 9.91. The Morgan fingerprint density at radius 3 is 2.48 bits per heavy atom. The number of nitrogens with zero attached hydrogens (tertiary/aromatic N) is 3. The van der Waals surface area contributed by atoms with Gasteiger partial charge in [-0.3, -0.25) is 9.36 Å². The number of esters is 1. The monoisotopic (exact) mass is 597 g/mol. The number of thiazole rings is 1. The fourth-order valence-corrected chi connectivity index (χ4v) is 7.25. The minimum Gasteiger partial charge on any atom is -0.463 e. The van der Waals surface area contributed by atoms with Gasteiger partial charge in [0.15, 0.2) is 4.80 Å². The van der Waals surface area contributed by atoms with Crippen LogP contribution >= 0.6 is 11.3 Å². The summed E-state index contributed by atoms with van der Waals surface area (Å²) in [4.78, 5) is 33.1. The van der Waals surface area contributed by atoms with Gasteiger partial charge in [0.25, 0.3) is 5.56 Å². The molecular formula is C37H31N3O3S. The number of hydrogen-bond acceptors (Lipinski definition) is 5. The number of para-hydroxylation sites is 1. The second-order valence-electron chi connectivity index (χ2n) is 11.0. The third-order valence-corrected chi connectivity index (χ3v) is 9.33. The molecule has 6 aromatic rings. The first-order chi connectivity index (χ1) is 21.4. The minimum atomic E-state index is -0.666. The molecule has 0 bridgehead atoms. The first-order valence-electron chi connectivity index (χ1n) is 14.7. The zero-order valence-electron chi connectivity index (χ0n) is 24.8. The van der Waals surface area contributed by atoms with E-state index >= 15 is 0 Å². The molecule has 2 aromatic heterocycles. The van der Waals surface area contributed by atoms with Crippen molar-refractivity contribution < 1.29 is 9.53 Å². The average Bonchev–Trinajstić information content (AvgIpc) is 3.53. The van der Waals surface area contributed by atoms with E-state index in [4.69, 9.17) is 9.73 Å². The number of aromatic nitrogens is 2. The van der Waals surface area contributed by atoms with Crippen LogP contribution in [0, 0.1) is 6.92 Å². The number of carbonyl (C=O) groups excluding carboxylic acids is 1. The number of hydrogen-bond donors (Lipinski definition) is 0. The Labute approximate surface area is 258 Å². The predicted molar refractivity (Wildman–Crippen MR) is 177 cm³/mol. The van der Waals surface area contributed by atoms with Crippen molar-refractivity contribution in [1.82, 2.24) is 9.13 Å². The lowest BCUT2D eigenvalue weighted by molar-refractivity contribution is -0.139. The molecule has 4 aromatic carbocycles. The molecule has 7 heteroatoms. The number of ether oxygens (including phenoxy) is 1. The lowest BCUT2D eigenvalue weighted by Gasteiger charge is -2.25. The van der Waals surface area contributed by atoms with E-state index in [2.05, 4.69) is 54.1 Å². The van der Waals surface area contributed by atoms with Gasteiger partial charge in [0.1, 0.15) is 0 Å². The van der Waals surface area contributed by atoms with Gasteiger partial charge in [-0.15, -0.1) is 0 Å². The zero-order chi connectivity index (χ0) is 30.4. The first kappa shape index (κ1) is 27.8. The van der Waals surface area contributed by atoms with E-state index in [-0.39, 0.29) is 12.2 Å². The second kappa shape index (κ2) is 11.2. The van der Waals surface area contributed by atoms with E-state index in [0.717, 1.165) is 39.3 Å². The number of aryl methyl sites for hydroxylation is 1. The summed E-state index contributed by atoms with van der Waals surface area (Å²) < 4.78 is 9.97. The molecule has 218 valence electrons. The Morgan fingerprint density at radius 2 is 1.66 bits per heavy atom. The van der Waals surface area contributed by atoms with Gasteiger partial charge in [-0.1, -0.05) is 96.3 Å². The number of allylic oxidation sites excluding steroid dienone is 1. The number of benzene rings is 4. The fourth-order valence-electron chi connectivity index (χ4n) is 6.21. The Hall–Kier alpha value is -5.01. The summed E-state index contributed by atoms with van der Waals surface area (Å²) in [6.45, 7) is 6.69. The predicted octanol–water partition coefficient (Wildman–Crippen LogP) is 6.26. The van der Waals surface area contributed by atoms with Crippen LogP contribution in [0.2, 0.25) is 0 Å². The summed E-state index contributed by atoms with van der Waals surface area (Å²) in [5.74, 6) is -0.458. The summed E-state index contributed by atoms with van der Waals surface area (Å²) in [6.07, 6.45) is 4.08. The summed E-state index contributed by atoms with van der Waals surface area (Å²) in [5.41, 5.74) is 6.17. The van der Waals surface area contributed by atoms with Crippen LogP contribution in [0.3, 0.4) is 0 Å². The third kappa shape index (κ3) is 4.70. The highest BCUT2D eigenvalue weighted by Crippen LogP contribution is 2.35. The van der Waals surface area contributed by atoms with Crippen molar-refractivity contribution in [2.24, 2.45) is 4.99 Å². The molecule has 0 amide bonds. The topological polar surface area (TPSA) is 65.6 Å². The molecule has 44 heavy (non-hydrogen) atoms. The molecular weight excluding hydrogens is 566 g/mol. The van der Waals surface area contributed by atoms with E-state index in [1.165, 1.54) is 22.5 Å². The molecule has 0 saturated heterocycles. The van der Waals surface area contributed by atoms with Gasteiger partial charge in [0.2, 0.25) is 0 Å². The van der Waals surface area contributed by atoms with E-state index in [9.17, 15) is 9.59 Å². The minimum absolute atomic E-state index is 0.184. The van der Waals surface area contributed by atoms with Crippen LogP contribution in [-0.4, -0.2) is 21.7 Å². The summed E-state index contributed by atoms with van der Waals surface area (Å²) in [7, 11) is 0. The lowest BCUT2D eigenvalue weighted by Crippen LogP contribution is -2.40. The third-order valence-electron chi connectivity index (χ3n) is 8.34. The van der Waals surface area contributed by atoms with E-state index in [1.54, 1.807) is 11.5 Å². The van der Waals surface area contributed by atoms with Gasteiger partial charge in [0, 0.05) is 29.2 Å². The molecule has 1 unspecified atom stereocenters. The Bertz CT molecular complexity index is 2300. The quantitative estimate of drug-likeness (QED) is 0.213. The number of rotatable bonds is 6. The van der Waals surface area contributed by atoms with Crippen LogP contribution in [0.15, 0.2) is 118 Å². The summed E-state index contributed by atoms with van der Waals surface area (Å²) in [5, 5.41) is 3.08. The number of fused-ring (bicyclic) bond motifs is 3. The second-order valence-corrected chi connectivity index (χ2v) is 12.0. The van der Waals surface area contributed by atoms with Crippen molar-refractivity contribution in [3.05, 3.63) is 150 Å². The average molecular weight is 598 g/mol. The Kier molecular flexibility index (Phi) is 7.10. The highest BCUT2D eigenvalue weighted by molar-refractivity contribution is 7.07. The van der Waals surface area contributed by atoms with E-state index in [0.29, 0.717) is 20.6 Å². The molecule has 7 rings (SSSR count). The van der Waals surface area contributed by atoms with Gasteiger partial charge in [-0.25, -0.2) is 9.79 Å². The maximum absolute atomic E-state index is 14.3. The molecule has 1 atom stereocenters. The number of carbonyl (C=O) groups is 1. The SMILES string of the molecule is CCOC(=O)C1=C(C)N=c2sc(=Cc3cn(Cc4ccccc4C)c4ccccc34)c(=O)n2C1c1cccc2ccccc12. The normalized spacial score (nSPS) is 15.1. The summed E-state index contributed by atoms with van der Waals surface area (Å²) >= 11 is 1.35. The molecule has 0 fully saturated rings. The van der Waals surface area contributed by atoms with Gasteiger partial charge in [-0.2, -0.15) is 0 Å². The van der Waals surface area contributed by atoms with Crippen LogP contribution in [0.1, 0.15) is 42.1 Å². The van der Waals surface area contributed by atoms with Crippen molar-refractivity contribution >= 4 is 45.1 Å². The maximum atomic E-state index is 14.3. The highest BCUT2D eigenvalue weighted by Gasteiger charge is 2.34. The molecule has 0 radical (unpaired) electrons. The van der Waals surface area contributed by atoms with Crippen molar-refractivity contribution in [2.75, 3.05) is 6.61 Å². The molecule has 0 saturated carbocycles. The molecule has 0 spiro atoms. The largest absolute Gasteiger partial charge is 0.463 e. The molecule has 1 aliphatic rings. The highest BCUT2D eigenvalue weighted by atomic mass is 32.1. The first-order valence-corrected chi connectivity index (χ1v) is 15.6. The van der Waals surface area contributed by atoms with Crippen LogP contribution in [0.25, 0.3) is 27.8 Å². The molecule has 6 nitrogen and oxygen atoms in total. The maximum Gasteiger partial charge on any atom is 0.338 e. The molecule has 1 aliphatic heterocycles. The van der Waals surface area contributed by atoms with E-state index < -0.39 is 12.0 Å². The molecule has 3 heterocycles. The molecule has 0 N–H and O–H groups in total. The van der Waals surface area contributed by atoms with Crippen molar-refractivity contribution in [3.63, 3.8) is 0 Å². The van der Waals surface area contributed by atoms with Gasteiger partial charge in [0.05, 0.1) is 28.5 Å². The van der Waals surface area contributed by atoms with Gasteiger partial charge < -0.3 is 9.30 Å². The van der Waals surface area contributed by atoms with Crippen LogP contribution in [0.4, 0.5) is 0 Å². The zero-order valence-corrected chi connectivity index (χ0v) is 25.6.